The van der Waals surface area contributed by atoms with Crippen LogP contribution >= 0.6 is 0 Å². The predicted octanol–water partition coefficient (Wildman–Crippen LogP) is 3.67. The molecule has 2 aliphatic rings. The molecular weight excluding hydrogens is 290 g/mol. The fourth-order valence-electron chi connectivity index (χ4n) is 3.09. The molecule has 122 valence electrons. The lowest BCUT2D eigenvalue weighted by Crippen LogP contribution is -2.33. The van der Waals surface area contributed by atoms with Crippen molar-refractivity contribution in [3.05, 3.63) is 41.5 Å². The zero-order valence-electron chi connectivity index (χ0n) is 13.8. The predicted molar refractivity (Wildman–Crippen MR) is 91.0 cm³/mol. The molecule has 3 rings (SSSR count). The van der Waals surface area contributed by atoms with Gasteiger partial charge in [-0.25, -0.2) is 0 Å². The highest BCUT2D eigenvalue weighted by Crippen LogP contribution is 2.36. The maximum atomic E-state index is 12.9. The molecule has 0 N–H and O–H groups in total. The molecule has 0 saturated carbocycles. The maximum Gasteiger partial charge on any atom is 0.255 e. The summed E-state index contributed by atoms with van der Waals surface area (Å²) in [5.41, 5.74) is 2.66. The number of benzene rings is 1. The van der Waals surface area contributed by atoms with Crippen LogP contribution in [0.5, 0.6) is 11.5 Å². The van der Waals surface area contributed by atoms with E-state index in [-0.39, 0.29) is 11.9 Å². The Morgan fingerprint density at radius 1 is 1.35 bits per heavy atom. The lowest BCUT2D eigenvalue weighted by Gasteiger charge is -2.21. The summed E-state index contributed by atoms with van der Waals surface area (Å²) in [6.45, 7) is 7.42. The van der Waals surface area contributed by atoms with Gasteiger partial charge >= 0.3 is 0 Å². The third kappa shape index (κ3) is 2.98. The standard InChI is InChI=1S/C19H23NO3/c1-4-5-8-23-18-10-14-6-7-15-9-13(2)12-20(15)19(21)16(14)11-17(18)22-3/h6-7,10-11,15H,2,4-5,8-9,12H2,1,3H3/t15-/m1/s1. The minimum absolute atomic E-state index is 0.0343. The molecule has 1 fully saturated rings. The van der Waals surface area contributed by atoms with E-state index < -0.39 is 0 Å². The van der Waals surface area contributed by atoms with Gasteiger partial charge in [-0.15, -0.1) is 0 Å². The molecule has 0 bridgehead atoms. The van der Waals surface area contributed by atoms with Crippen LogP contribution in [0.4, 0.5) is 0 Å². The molecule has 0 aliphatic carbocycles. The SMILES string of the molecule is C=C1C[C@H]2C=Cc3cc(OCCCC)c(OC)cc3C(=O)N2C1. The highest BCUT2D eigenvalue weighted by atomic mass is 16.5. The van der Waals surface area contributed by atoms with Crippen LogP contribution in [-0.4, -0.2) is 37.1 Å². The number of nitrogens with zero attached hydrogens (tertiary/aromatic N) is 1. The molecule has 2 aliphatic heterocycles. The number of amides is 1. The minimum Gasteiger partial charge on any atom is -0.493 e. The van der Waals surface area contributed by atoms with E-state index in [1.54, 1.807) is 13.2 Å². The van der Waals surface area contributed by atoms with Crippen molar-refractivity contribution in [2.45, 2.75) is 32.2 Å². The van der Waals surface area contributed by atoms with E-state index in [1.807, 2.05) is 17.0 Å². The first-order valence-electron chi connectivity index (χ1n) is 8.14. The van der Waals surface area contributed by atoms with Gasteiger partial charge in [-0.2, -0.15) is 0 Å². The van der Waals surface area contributed by atoms with Crippen molar-refractivity contribution in [2.75, 3.05) is 20.3 Å². The van der Waals surface area contributed by atoms with E-state index in [9.17, 15) is 4.79 Å². The Morgan fingerprint density at radius 2 is 2.17 bits per heavy atom. The van der Waals surface area contributed by atoms with Gasteiger partial charge in [-0.05, 0) is 30.5 Å². The van der Waals surface area contributed by atoms with Crippen molar-refractivity contribution >= 4 is 12.0 Å². The number of rotatable bonds is 5. The van der Waals surface area contributed by atoms with Crippen molar-refractivity contribution in [3.63, 3.8) is 0 Å². The largest absolute Gasteiger partial charge is 0.493 e. The number of hydrogen-bond acceptors (Lipinski definition) is 3. The van der Waals surface area contributed by atoms with Crippen LogP contribution in [0.25, 0.3) is 6.08 Å². The molecule has 0 radical (unpaired) electrons. The molecule has 23 heavy (non-hydrogen) atoms. The Morgan fingerprint density at radius 3 is 2.91 bits per heavy atom. The Hall–Kier alpha value is -2.23. The molecule has 0 unspecified atom stereocenters. The van der Waals surface area contributed by atoms with Gasteiger partial charge in [0.15, 0.2) is 11.5 Å². The second-order valence-electron chi connectivity index (χ2n) is 6.11. The average molecular weight is 313 g/mol. The molecule has 1 atom stereocenters. The Labute approximate surface area is 137 Å². The first-order valence-corrected chi connectivity index (χ1v) is 8.14. The van der Waals surface area contributed by atoms with Gasteiger partial charge in [0.05, 0.1) is 25.3 Å². The third-order valence-electron chi connectivity index (χ3n) is 4.37. The number of methoxy groups -OCH3 is 1. The van der Waals surface area contributed by atoms with E-state index >= 15 is 0 Å². The fourth-order valence-corrected chi connectivity index (χ4v) is 3.09. The zero-order chi connectivity index (χ0) is 16.4. The van der Waals surface area contributed by atoms with Gasteiger partial charge in [-0.1, -0.05) is 37.6 Å². The van der Waals surface area contributed by atoms with Gasteiger partial charge in [0, 0.05) is 6.54 Å². The highest BCUT2D eigenvalue weighted by Gasteiger charge is 2.33. The van der Waals surface area contributed by atoms with Gasteiger partial charge in [0.2, 0.25) is 0 Å². The number of carbonyl (C=O) groups is 1. The van der Waals surface area contributed by atoms with E-state index in [2.05, 4.69) is 19.6 Å². The number of unbranched alkanes of at least 4 members (excludes halogenated alkanes) is 1. The second-order valence-corrected chi connectivity index (χ2v) is 6.11. The van der Waals surface area contributed by atoms with E-state index in [0.29, 0.717) is 30.2 Å². The second kappa shape index (κ2) is 6.49. The Bertz CT molecular complexity index is 663. The van der Waals surface area contributed by atoms with Crippen LogP contribution in [0.1, 0.15) is 42.1 Å². The molecule has 4 heteroatoms. The van der Waals surface area contributed by atoms with Crippen LogP contribution in [0.3, 0.4) is 0 Å². The van der Waals surface area contributed by atoms with E-state index in [0.717, 1.165) is 30.4 Å². The molecule has 1 amide bonds. The quantitative estimate of drug-likeness (QED) is 0.615. The zero-order valence-corrected chi connectivity index (χ0v) is 13.8. The summed E-state index contributed by atoms with van der Waals surface area (Å²) in [5, 5.41) is 0. The summed E-state index contributed by atoms with van der Waals surface area (Å²) in [5.74, 6) is 1.34. The minimum atomic E-state index is 0.0343. The summed E-state index contributed by atoms with van der Waals surface area (Å²) < 4.78 is 11.3. The number of fused-ring (bicyclic) bond motifs is 2. The molecular formula is C19H23NO3. The summed E-state index contributed by atoms with van der Waals surface area (Å²) in [6.07, 6.45) is 7.01. The Kier molecular flexibility index (Phi) is 4.42. The molecule has 4 nitrogen and oxygen atoms in total. The lowest BCUT2D eigenvalue weighted by atomic mass is 10.0. The van der Waals surface area contributed by atoms with Gasteiger partial charge in [0.1, 0.15) is 0 Å². The maximum absolute atomic E-state index is 12.9. The molecule has 0 aromatic heterocycles. The van der Waals surface area contributed by atoms with Crippen molar-refractivity contribution in [3.8, 4) is 11.5 Å². The highest BCUT2D eigenvalue weighted by molar-refractivity contribution is 6.00. The van der Waals surface area contributed by atoms with Crippen LogP contribution < -0.4 is 9.47 Å². The first-order chi connectivity index (χ1) is 11.1. The molecule has 0 spiro atoms. The van der Waals surface area contributed by atoms with Gasteiger partial charge < -0.3 is 14.4 Å². The first kappa shape index (κ1) is 15.7. The van der Waals surface area contributed by atoms with E-state index in [1.165, 1.54) is 0 Å². The van der Waals surface area contributed by atoms with Crippen molar-refractivity contribution in [2.24, 2.45) is 0 Å². The normalized spacial score (nSPS) is 19.4. The van der Waals surface area contributed by atoms with Crippen molar-refractivity contribution in [1.29, 1.82) is 0 Å². The number of ether oxygens (including phenoxy) is 2. The van der Waals surface area contributed by atoms with Gasteiger partial charge in [-0.3, -0.25) is 4.79 Å². The third-order valence-corrected chi connectivity index (χ3v) is 4.37. The van der Waals surface area contributed by atoms with Crippen molar-refractivity contribution < 1.29 is 14.3 Å². The van der Waals surface area contributed by atoms with Crippen LogP contribution in [0, 0.1) is 0 Å². The number of hydrogen-bond donors (Lipinski definition) is 0. The van der Waals surface area contributed by atoms with Crippen LogP contribution in [0.2, 0.25) is 0 Å². The van der Waals surface area contributed by atoms with Crippen molar-refractivity contribution in [1.82, 2.24) is 4.90 Å². The molecule has 1 aromatic carbocycles. The molecule has 2 heterocycles. The summed E-state index contributed by atoms with van der Waals surface area (Å²) in [4.78, 5) is 14.7. The average Bonchev–Trinajstić information content (AvgIpc) is 2.88. The summed E-state index contributed by atoms with van der Waals surface area (Å²) in [7, 11) is 1.60. The molecule has 1 aromatic rings. The molecule has 1 saturated heterocycles. The lowest BCUT2D eigenvalue weighted by molar-refractivity contribution is 0.0766. The summed E-state index contributed by atoms with van der Waals surface area (Å²) in [6, 6.07) is 3.82. The van der Waals surface area contributed by atoms with Crippen LogP contribution in [-0.2, 0) is 0 Å². The van der Waals surface area contributed by atoms with Gasteiger partial charge in [0.25, 0.3) is 5.91 Å². The Balaban J connectivity index is 1.95. The topological polar surface area (TPSA) is 38.8 Å². The monoisotopic (exact) mass is 313 g/mol. The fraction of sp³-hybridized carbons (Fsp3) is 0.421. The van der Waals surface area contributed by atoms with Crippen LogP contribution in [0.15, 0.2) is 30.4 Å². The smallest absolute Gasteiger partial charge is 0.255 e. The summed E-state index contributed by atoms with van der Waals surface area (Å²) >= 11 is 0. The number of carbonyl (C=O) groups excluding carboxylic acids is 1. The van der Waals surface area contributed by atoms with E-state index in [4.69, 9.17) is 9.47 Å².